The van der Waals surface area contributed by atoms with E-state index in [1.165, 1.54) is 0 Å². The summed E-state index contributed by atoms with van der Waals surface area (Å²) in [7, 11) is 0. The van der Waals surface area contributed by atoms with Crippen LogP contribution in [0, 0.1) is 5.92 Å². The second kappa shape index (κ2) is 3.79. The Balaban J connectivity index is 2.09. The number of nitrogens with zero attached hydrogens (tertiary/aromatic N) is 3. The predicted octanol–water partition coefficient (Wildman–Crippen LogP) is -0.156. The smallest absolute Gasteiger partial charge is 0.221 e. The maximum Gasteiger partial charge on any atom is 0.221 e. The summed E-state index contributed by atoms with van der Waals surface area (Å²) in [5, 5.41) is 0. The molecule has 1 atom stereocenters. The van der Waals surface area contributed by atoms with Crippen LogP contribution in [0.3, 0.4) is 0 Å². The van der Waals surface area contributed by atoms with E-state index in [0.29, 0.717) is 11.9 Å². The van der Waals surface area contributed by atoms with Gasteiger partial charge in [0.2, 0.25) is 5.95 Å². The average molecular weight is 193 g/mol. The van der Waals surface area contributed by atoms with Gasteiger partial charge in [-0.3, -0.25) is 0 Å². The molecule has 1 fully saturated rings. The highest BCUT2D eigenvalue weighted by molar-refractivity contribution is 5.41. The molecule has 0 spiro atoms. The van der Waals surface area contributed by atoms with E-state index < -0.39 is 0 Å². The van der Waals surface area contributed by atoms with E-state index in [2.05, 4.69) is 14.9 Å². The molecule has 0 saturated carbocycles. The first-order valence-electron chi connectivity index (χ1n) is 4.83. The third-order valence-corrected chi connectivity index (χ3v) is 2.60. The van der Waals surface area contributed by atoms with Crippen LogP contribution in [-0.4, -0.2) is 29.6 Å². The Morgan fingerprint density at radius 3 is 3.07 bits per heavy atom. The molecule has 0 bridgehead atoms. The highest BCUT2D eigenvalue weighted by atomic mass is 15.2. The first-order chi connectivity index (χ1) is 6.79. The quantitative estimate of drug-likeness (QED) is 0.682. The molecule has 1 aliphatic heterocycles. The summed E-state index contributed by atoms with van der Waals surface area (Å²) >= 11 is 0. The second-order valence-corrected chi connectivity index (χ2v) is 3.61. The zero-order valence-corrected chi connectivity index (χ0v) is 8.06. The minimum atomic E-state index is 0.332. The lowest BCUT2D eigenvalue weighted by molar-refractivity contribution is 0.602. The highest BCUT2D eigenvalue weighted by Crippen LogP contribution is 2.21. The Morgan fingerprint density at radius 1 is 1.57 bits per heavy atom. The number of nitrogens with two attached hydrogens (primary N) is 2. The minimum Gasteiger partial charge on any atom is -0.368 e. The van der Waals surface area contributed by atoms with Gasteiger partial charge in [-0.2, -0.15) is 4.98 Å². The van der Waals surface area contributed by atoms with Crippen molar-refractivity contribution in [1.82, 2.24) is 9.97 Å². The summed E-state index contributed by atoms with van der Waals surface area (Å²) in [6.45, 7) is 2.74. The summed E-state index contributed by atoms with van der Waals surface area (Å²) < 4.78 is 0. The fourth-order valence-electron chi connectivity index (χ4n) is 1.77. The molecule has 0 aliphatic carbocycles. The number of nitrogen functional groups attached to an aromatic ring is 1. The molecule has 0 unspecified atom stereocenters. The Morgan fingerprint density at radius 2 is 2.43 bits per heavy atom. The fourth-order valence-corrected chi connectivity index (χ4v) is 1.77. The molecular weight excluding hydrogens is 178 g/mol. The van der Waals surface area contributed by atoms with Crippen molar-refractivity contribution in [3.8, 4) is 0 Å². The van der Waals surface area contributed by atoms with Gasteiger partial charge in [0.05, 0.1) is 0 Å². The Labute approximate surface area is 83.1 Å². The largest absolute Gasteiger partial charge is 0.368 e. The van der Waals surface area contributed by atoms with E-state index in [1.54, 1.807) is 6.20 Å². The maximum atomic E-state index is 5.62. The molecule has 1 aliphatic rings. The Bertz CT molecular complexity index is 314. The number of anilines is 2. The van der Waals surface area contributed by atoms with Gasteiger partial charge in [-0.1, -0.05) is 0 Å². The van der Waals surface area contributed by atoms with E-state index in [4.69, 9.17) is 11.5 Å². The van der Waals surface area contributed by atoms with E-state index in [9.17, 15) is 0 Å². The van der Waals surface area contributed by atoms with Crippen LogP contribution in [0.1, 0.15) is 6.42 Å². The van der Waals surface area contributed by atoms with Crippen molar-refractivity contribution in [3.63, 3.8) is 0 Å². The Kier molecular flexibility index (Phi) is 2.49. The van der Waals surface area contributed by atoms with E-state index in [1.807, 2.05) is 6.07 Å². The van der Waals surface area contributed by atoms with Crippen LogP contribution in [0.2, 0.25) is 0 Å². The van der Waals surface area contributed by atoms with Crippen LogP contribution in [-0.2, 0) is 0 Å². The minimum absolute atomic E-state index is 0.332. The molecule has 4 N–H and O–H groups in total. The van der Waals surface area contributed by atoms with E-state index in [-0.39, 0.29) is 0 Å². The molecule has 0 aromatic carbocycles. The summed E-state index contributed by atoms with van der Waals surface area (Å²) in [6, 6.07) is 1.88. The molecule has 1 saturated heterocycles. The summed E-state index contributed by atoms with van der Waals surface area (Å²) in [4.78, 5) is 10.2. The lowest BCUT2D eigenvalue weighted by Crippen LogP contribution is -2.23. The Hall–Kier alpha value is -1.36. The van der Waals surface area contributed by atoms with Gasteiger partial charge in [0, 0.05) is 19.3 Å². The molecule has 2 heterocycles. The third-order valence-electron chi connectivity index (χ3n) is 2.60. The van der Waals surface area contributed by atoms with Crippen molar-refractivity contribution in [1.29, 1.82) is 0 Å². The number of aromatic nitrogens is 2. The topological polar surface area (TPSA) is 81.1 Å². The SMILES string of the molecule is NC[C@@H]1CCN(c2ccnc(N)n2)C1. The van der Waals surface area contributed by atoms with Crippen molar-refractivity contribution in [3.05, 3.63) is 12.3 Å². The van der Waals surface area contributed by atoms with Crippen molar-refractivity contribution < 1.29 is 0 Å². The van der Waals surface area contributed by atoms with Gasteiger partial charge in [-0.15, -0.1) is 0 Å². The van der Waals surface area contributed by atoms with Gasteiger partial charge in [0.1, 0.15) is 5.82 Å². The molecule has 76 valence electrons. The third kappa shape index (κ3) is 1.77. The van der Waals surface area contributed by atoms with Crippen LogP contribution in [0.25, 0.3) is 0 Å². The monoisotopic (exact) mass is 193 g/mol. The summed E-state index contributed by atoms with van der Waals surface area (Å²) in [5.41, 5.74) is 11.1. The first-order valence-corrected chi connectivity index (χ1v) is 4.83. The van der Waals surface area contributed by atoms with Crippen molar-refractivity contribution in [2.24, 2.45) is 11.7 Å². The van der Waals surface area contributed by atoms with Crippen molar-refractivity contribution in [2.45, 2.75) is 6.42 Å². The average Bonchev–Trinajstić information content (AvgIpc) is 2.66. The van der Waals surface area contributed by atoms with E-state index in [0.717, 1.165) is 31.9 Å². The lowest BCUT2D eigenvalue weighted by atomic mass is 10.1. The normalized spacial score (nSPS) is 21.5. The van der Waals surface area contributed by atoms with Gasteiger partial charge in [0.25, 0.3) is 0 Å². The zero-order chi connectivity index (χ0) is 9.97. The molecular formula is C9H15N5. The number of rotatable bonds is 2. The maximum absolute atomic E-state index is 5.62. The van der Waals surface area contributed by atoms with Crippen LogP contribution < -0.4 is 16.4 Å². The standard InChI is InChI=1S/C9H15N5/c10-5-7-2-4-14(6-7)8-1-3-12-9(11)13-8/h1,3,7H,2,4-6,10H2,(H2,11,12,13)/t7-/m0/s1. The van der Waals surface area contributed by atoms with Gasteiger partial charge >= 0.3 is 0 Å². The lowest BCUT2D eigenvalue weighted by Gasteiger charge is -2.16. The van der Waals surface area contributed by atoms with Gasteiger partial charge in [-0.25, -0.2) is 4.98 Å². The molecule has 0 amide bonds. The summed E-state index contributed by atoms with van der Waals surface area (Å²) in [5.74, 6) is 1.83. The van der Waals surface area contributed by atoms with Gasteiger partial charge < -0.3 is 16.4 Å². The fraction of sp³-hybridized carbons (Fsp3) is 0.556. The molecule has 1 aromatic heterocycles. The molecule has 14 heavy (non-hydrogen) atoms. The molecule has 0 radical (unpaired) electrons. The van der Waals surface area contributed by atoms with Crippen molar-refractivity contribution >= 4 is 11.8 Å². The predicted molar refractivity (Wildman–Crippen MR) is 55.8 cm³/mol. The van der Waals surface area contributed by atoms with Crippen LogP contribution in [0.4, 0.5) is 11.8 Å². The van der Waals surface area contributed by atoms with Crippen LogP contribution >= 0.6 is 0 Å². The van der Waals surface area contributed by atoms with Gasteiger partial charge in [-0.05, 0) is 24.9 Å². The van der Waals surface area contributed by atoms with Crippen LogP contribution in [0.15, 0.2) is 12.3 Å². The van der Waals surface area contributed by atoms with Crippen molar-refractivity contribution in [2.75, 3.05) is 30.3 Å². The number of hydrogen-bond acceptors (Lipinski definition) is 5. The molecule has 1 aromatic rings. The van der Waals surface area contributed by atoms with E-state index >= 15 is 0 Å². The molecule has 5 heteroatoms. The second-order valence-electron chi connectivity index (χ2n) is 3.61. The summed E-state index contributed by atoms with van der Waals surface area (Å²) in [6.07, 6.45) is 2.83. The molecule has 2 rings (SSSR count). The molecule has 5 nitrogen and oxygen atoms in total. The first kappa shape index (κ1) is 9.21. The zero-order valence-electron chi connectivity index (χ0n) is 8.06. The van der Waals surface area contributed by atoms with Gasteiger partial charge in [0.15, 0.2) is 0 Å². The highest BCUT2D eigenvalue weighted by Gasteiger charge is 2.22. The van der Waals surface area contributed by atoms with Crippen LogP contribution in [0.5, 0.6) is 0 Å². The number of hydrogen-bond donors (Lipinski definition) is 2.